The average molecular weight is 403 g/mol. The predicted molar refractivity (Wildman–Crippen MR) is 93.4 cm³/mol. The first kappa shape index (κ1) is 24.8. The van der Waals surface area contributed by atoms with Gasteiger partial charge < -0.3 is 37.6 Å². The van der Waals surface area contributed by atoms with Gasteiger partial charge in [0, 0.05) is 0 Å². The SMILES string of the molecule is CC(C)C(NC(=O)C(CC(=O)O)NC(=O)CN)C(=O)NC(CC(N)=O)C(=O)O. The van der Waals surface area contributed by atoms with Gasteiger partial charge in [0.05, 0.1) is 19.4 Å². The Bertz CT molecular complexity index is 636. The lowest BCUT2D eigenvalue weighted by molar-refractivity contribution is -0.144. The van der Waals surface area contributed by atoms with Crippen LogP contribution in [-0.4, -0.2) is 70.5 Å². The van der Waals surface area contributed by atoms with Gasteiger partial charge in [0.25, 0.3) is 0 Å². The lowest BCUT2D eigenvalue weighted by Crippen LogP contribution is -2.58. The van der Waals surface area contributed by atoms with Gasteiger partial charge >= 0.3 is 11.9 Å². The molecule has 9 N–H and O–H groups in total. The van der Waals surface area contributed by atoms with Crippen LogP contribution in [0.25, 0.3) is 0 Å². The maximum Gasteiger partial charge on any atom is 0.326 e. The molecular weight excluding hydrogens is 378 g/mol. The van der Waals surface area contributed by atoms with E-state index >= 15 is 0 Å². The molecular formula is C15H25N5O8. The van der Waals surface area contributed by atoms with E-state index in [1.165, 1.54) is 0 Å². The number of rotatable bonds is 12. The van der Waals surface area contributed by atoms with E-state index in [2.05, 4.69) is 16.0 Å². The van der Waals surface area contributed by atoms with Crippen LogP contribution in [0, 0.1) is 5.92 Å². The van der Waals surface area contributed by atoms with Crippen LogP contribution in [0.2, 0.25) is 0 Å². The van der Waals surface area contributed by atoms with Gasteiger partial charge in [-0.1, -0.05) is 13.8 Å². The number of nitrogens with one attached hydrogen (secondary N) is 3. The van der Waals surface area contributed by atoms with E-state index < -0.39 is 79.0 Å². The zero-order valence-electron chi connectivity index (χ0n) is 15.4. The number of carbonyl (C=O) groups excluding carboxylic acids is 4. The summed E-state index contributed by atoms with van der Waals surface area (Å²) in [6.07, 6.45) is -1.42. The second kappa shape index (κ2) is 11.5. The Labute approximate surface area is 160 Å². The average Bonchev–Trinajstić information content (AvgIpc) is 2.56. The lowest BCUT2D eigenvalue weighted by atomic mass is 10.0. The number of aliphatic carboxylic acids is 2. The molecule has 3 atom stereocenters. The molecule has 0 aliphatic carbocycles. The number of hydrogen-bond donors (Lipinski definition) is 7. The molecule has 28 heavy (non-hydrogen) atoms. The molecule has 0 rings (SSSR count). The van der Waals surface area contributed by atoms with E-state index in [0.717, 1.165) is 0 Å². The van der Waals surface area contributed by atoms with Crippen LogP contribution in [-0.2, 0) is 28.8 Å². The molecule has 0 spiro atoms. The Morgan fingerprint density at radius 2 is 1.43 bits per heavy atom. The molecule has 0 saturated carbocycles. The highest BCUT2D eigenvalue weighted by atomic mass is 16.4. The van der Waals surface area contributed by atoms with Gasteiger partial charge in [-0.05, 0) is 5.92 Å². The van der Waals surface area contributed by atoms with Crippen molar-refractivity contribution in [1.82, 2.24) is 16.0 Å². The lowest BCUT2D eigenvalue weighted by Gasteiger charge is -2.26. The quantitative estimate of drug-likeness (QED) is 0.171. The van der Waals surface area contributed by atoms with Crippen molar-refractivity contribution in [2.45, 2.75) is 44.8 Å². The fourth-order valence-electron chi connectivity index (χ4n) is 2.09. The normalized spacial score (nSPS) is 13.7. The highest BCUT2D eigenvalue weighted by Gasteiger charge is 2.32. The number of amides is 4. The molecule has 0 aliphatic heterocycles. The maximum absolute atomic E-state index is 12.4. The van der Waals surface area contributed by atoms with Crippen LogP contribution in [0.5, 0.6) is 0 Å². The second-order valence-electron chi connectivity index (χ2n) is 6.22. The molecule has 0 aromatic carbocycles. The van der Waals surface area contributed by atoms with Crippen molar-refractivity contribution in [2.75, 3.05) is 6.54 Å². The van der Waals surface area contributed by atoms with Gasteiger partial charge in [-0.2, -0.15) is 0 Å². The van der Waals surface area contributed by atoms with Gasteiger partial charge in [-0.3, -0.25) is 24.0 Å². The van der Waals surface area contributed by atoms with Crippen molar-refractivity contribution in [1.29, 1.82) is 0 Å². The van der Waals surface area contributed by atoms with Gasteiger partial charge in [0.2, 0.25) is 23.6 Å². The predicted octanol–water partition coefficient (Wildman–Crippen LogP) is -3.51. The first-order chi connectivity index (χ1) is 12.9. The molecule has 4 amide bonds. The van der Waals surface area contributed by atoms with Crippen molar-refractivity contribution in [3.63, 3.8) is 0 Å². The van der Waals surface area contributed by atoms with Crippen LogP contribution < -0.4 is 27.4 Å². The van der Waals surface area contributed by atoms with Gasteiger partial charge in [-0.15, -0.1) is 0 Å². The van der Waals surface area contributed by atoms with Crippen LogP contribution in [0.15, 0.2) is 0 Å². The molecule has 0 bridgehead atoms. The minimum Gasteiger partial charge on any atom is -0.481 e. The van der Waals surface area contributed by atoms with Gasteiger partial charge in [-0.25, -0.2) is 4.79 Å². The summed E-state index contributed by atoms with van der Waals surface area (Å²) >= 11 is 0. The number of carboxylic acids is 2. The largest absolute Gasteiger partial charge is 0.481 e. The third kappa shape index (κ3) is 8.93. The summed E-state index contributed by atoms with van der Waals surface area (Å²) in [5.41, 5.74) is 10.1. The Balaban J connectivity index is 5.33. The molecule has 0 aliphatic rings. The van der Waals surface area contributed by atoms with E-state index in [1.807, 2.05) is 0 Å². The molecule has 13 heteroatoms. The maximum atomic E-state index is 12.4. The fraction of sp³-hybridized carbons (Fsp3) is 0.600. The van der Waals surface area contributed by atoms with Crippen molar-refractivity contribution in [3.05, 3.63) is 0 Å². The highest BCUT2D eigenvalue weighted by molar-refractivity contribution is 5.95. The van der Waals surface area contributed by atoms with Crippen molar-refractivity contribution >= 4 is 35.6 Å². The Morgan fingerprint density at radius 3 is 1.82 bits per heavy atom. The number of primary amides is 1. The Morgan fingerprint density at radius 1 is 0.857 bits per heavy atom. The first-order valence-corrected chi connectivity index (χ1v) is 8.22. The molecule has 13 nitrogen and oxygen atoms in total. The van der Waals surface area contributed by atoms with Crippen molar-refractivity contribution in [3.8, 4) is 0 Å². The summed E-state index contributed by atoms with van der Waals surface area (Å²) in [6, 6.07) is -4.37. The van der Waals surface area contributed by atoms with Crippen molar-refractivity contribution < 1.29 is 39.0 Å². The molecule has 3 unspecified atom stereocenters. The molecule has 0 fully saturated rings. The summed E-state index contributed by atoms with van der Waals surface area (Å²) in [5, 5.41) is 24.4. The third-order valence-corrected chi connectivity index (χ3v) is 3.48. The van der Waals surface area contributed by atoms with Gasteiger partial charge in [0.1, 0.15) is 18.1 Å². The molecule has 0 aromatic rings. The van der Waals surface area contributed by atoms with Crippen LogP contribution in [0.1, 0.15) is 26.7 Å². The monoisotopic (exact) mass is 403 g/mol. The standard InChI is InChI=1S/C15H25N5O8/c1-6(2)12(14(26)19-8(15(27)28)3-9(17)21)20-13(25)7(4-11(23)24)18-10(22)5-16/h6-8,12H,3-5,16H2,1-2H3,(H2,17,21)(H,18,22)(H,19,26)(H,20,25)(H,23,24)(H,27,28). The van der Waals surface area contributed by atoms with E-state index in [0.29, 0.717) is 0 Å². The number of carbonyl (C=O) groups is 6. The van der Waals surface area contributed by atoms with Crippen LogP contribution in [0.4, 0.5) is 0 Å². The van der Waals surface area contributed by atoms with E-state index in [1.54, 1.807) is 13.8 Å². The smallest absolute Gasteiger partial charge is 0.326 e. The molecule has 0 heterocycles. The van der Waals surface area contributed by atoms with E-state index in [9.17, 15) is 28.8 Å². The summed E-state index contributed by atoms with van der Waals surface area (Å²) in [6.45, 7) is 2.60. The number of carboxylic acid groups (broad SMARTS) is 2. The zero-order chi connectivity index (χ0) is 22.0. The highest BCUT2D eigenvalue weighted by Crippen LogP contribution is 2.05. The molecule has 0 aromatic heterocycles. The minimum absolute atomic E-state index is 0.481. The van der Waals surface area contributed by atoms with Crippen LogP contribution >= 0.6 is 0 Å². The van der Waals surface area contributed by atoms with E-state index in [4.69, 9.17) is 21.7 Å². The fourth-order valence-corrected chi connectivity index (χ4v) is 2.09. The Hall–Kier alpha value is -3.22. The molecule has 0 saturated heterocycles. The zero-order valence-corrected chi connectivity index (χ0v) is 15.4. The first-order valence-electron chi connectivity index (χ1n) is 8.22. The van der Waals surface area contributed by atoms with Crippen molar-refractivity contribution in [2.24, 2.45) is 17.4 Å². The summed E-state index contributed by atoms with van der Waals surface area (Å²) in [4.78, 5) is 69.1. The third-order valence-electron chi connectivity index (χ3n) is 3.48. The summed E-state index contributed by atoms with van der Waals surface area (Å²) in [5.74, 6) is -7.04. The Kier molecular flexibility index (Phi) is 10.2. The van der Waals surface area contributed by atoms with Crippen LogP contribution in [0.3, 0.4) is 0 Å². The summed E-state index contributed by atoms with van der Waals surface area (Å²) < 4.78 is 0. The summed E-state index contributed by atoms with van der Waals surface area (Å²) in [7, 11) is 0. The minimum atomic E-state index is -1.60. The van der Waals surface area contributed by atoms with Gasteiger partial charge in [0.15, 0.2) is 0 Å². The molecule has 0 radical (unpaired) electrons. The topological polar surface area (TPSA) is 231 Å². The number of hydrogen-bond acceptors (Lipinski definition) is 7. The second-order valence-corrected chi connectivity index (χ2v) is 6.22. The van der Waals surface area contributed by atoms with E-state index in [-0.39, 0.29) is 0 Å². The molecule has 158 valence electrons. The number of nitrogens with two attached hydrogens (primary N) is 2.